The molecule has 0 amide bonds. The van der Waals surface area contributed by atoms with Crippen molar-refractivity contribution in [1.29, 1.82) is 0 Å². The smallest absolute Gasteiger partial charge is 0.0167 e. The fourth-order valence-electron chi connectivity index (χ4n) is 2.51. The molecule has 3 heteroatoms. The normalized spacial score (nSPS) is 21.6. The van der Waals surface area contributed by atoms with Gasteiger partial charge in [0.05, 0.1) is 0 Å². The van der Waals surface area contributed by atoms with E-state index in [1.165, 1.54) is 45.2 Å². The SMILES string of the molecule is CCCCC(N)CN(C)C1CCN(C)CC1. The molecular weight excluding hydrogens is 198 g/mol. The molecule has 16 heavy (non-hydrogen) atoms. The molecule has 1 saturated heterocycles. The summed E-state index contributed by atoms with van der Waals surface area (Å²) in [6.45, 7) is 5.76. The lowest BCUT2D eigenvalue weighted by molar-refractivity contribution is 0.137. The van der Waals surface area contributed by atoms with Gasteiger partial charge in [-0.1, -0.05) is 19.8 Å². The van der Waals surface area contributed by atoms with Crippen LogP contribution in [0.4, 0.5) is 0 Å². The summed E-state index contributed by atoms with van der Waals surface area (Å²) >= 11 is 0. The van der Waals surface area contributed by atoms with Crippen molar-refractivity contribution >= 4 is 0 Å². The fourth-order valence-corrected chi connectivity index (χ4v) is 2.51. The number of nitrogens with zero attached hydrogens (tertiary/aromatic N) is 2. The van der Waals surface area contributed by atoms with Gasteiger partial charge in [-0.3, -0.25) is 0 Å². The van der Waals surface area contributed by atoms with E-state index < -0.39 is 0 Å². The molecule has 1 heterocycles. The third kappa shape index (κ3) is 4.81. The molecule has 1 aliphatic rings. The van der Waals surface area contributed by atoms with Crippen LogP contribution in [-0.4, -0.2) is 55.6 Å². The first-order valence-corrected chi connectivity index (χ1v) is 6.77. The Morgan fingerprint density at radius 1 is 1.38 bits per heavy atom. The summed E-state index contributed by atoms with van der Waals surface area (Å²) in [6, 6.07) is 1.12. The Morgan fingerprint density at radius 3 is 2.56 bits per heavy atom. The number of piperidine rings is 1. The van der Waals surface area contributed by atoms with Gasteiger partial charge in [0.2, 0.25) is 0 Å². The summed E-state index contributed by atoms with van der Waals surface area (Å²) in [5, 5.41) is 0. The standard InChI is InChI=1S/C13H29N3/c1-4-5-6-12(14)11-16(3)13-7-9-15(2)10-8-13/h12-13H,4-11,14H2,1-3H3. The molecule has 1 atom stereocenters. The molecule has 2 N–H and O–H groups in total. The highest BCUT2D eigenvalue weighted by Crippen LogP contribution is 2.14. The first kappa shape index (κ1) is 13.9. The molecule has 1 rings (SSSR count). The number of nitrogens with two attached hydrogens (primary N) is 1. The van der Waals surface area contributed by atoms with Gasteiger partial charge in [-0.25, -0.2) is 0 Å². The van der Waals surface area contributed by atoms with E-state index in [1.54, 1.807) is 0 Å². The van der Waals surface area contributed by atoms with Crippen molar-refractivity contribution in [2.75, 3.05) is 33.7 Å². The van der Waals surface area contributed by atoms with Crippen molar-refractivity contribution in [3.05, 3.63) is 0 Å². The van der Waals surface area contributed by atoms with Crippen molar-refractivity contribution < 1.29 is 0 Å². The molecule has 0 bridgehead atoms. The monoisotopic (exact) mass is 227 g/mol. The first-order chi connectivity index (χ1) is 7.63. The third-order valence-electron chi connectivity index (χ3n) is 3.76. The van der Waals surface area contributed by atoms with Crippen LogP contribution in [0.15, 0.2) is 0 Å². The molecule has 3 nitrogen and oxygen atoms in total. The number of hydrogen-bond acceptors (Lipinski definition) is 3. The van der Waals surface area contributed by atoms with E-state index in [9.17, 15) is 0 Å². The predicted octanol–water partition coefficient (Wildman–Crippen LogP) is 1.53. The largest absolute Gasteiger partial charge is 0.327 e. The van der Waals surface area contributed by atoms with Crippen LogP contribution < -0.4 is 5.73 Å². The molecule has 0 aromatic heterocycles. The molecule has 96 valence electrons. The van der Waals surface area contributed by atoms with Crippen LogP contribution in [0.3, 0.4) is 0 Å². The predicted molar refractivity (Wildman–Crippen MR) is 70.6 cm³/mol. The average molecular weight is 227 g/mol. The second kappa shape index (κ2) is 7.25. The van der Waals surface area contributed by atoms with Gasteiger partial charge < -0.3 is 15.5 Å². The van der Waals surface area contributed by atoms with E-state index in [2.05, 4.69) is 30.8 Å². The molecule has 1 unspecified atom stereocenters. The van der Waals surface area contributed by atoms with Crippen LogP contribution in [0.5, 0.6) is 0 Å². The van der Waals surface area contributed by atoms with Gasteiger partial charge in [0.1, 0.15) is 0 Å². The van der Waals surface area contributed by atoms with Crippen molar-refractivity contribution in [3.63, 3.8) is 0 Å². The molecule has 1 aliphatic heterocycles. The quantitative estimate of drug-likeness (QED) is 0.747. The Hall–Kier alpha value is -0.120. The Morgan fingerprint density at radius 2 is 2.00 bits per heavy atom. The third-order valence-corrected chi connectivity index (χ3v) is 3.76. The van der Waals surface area contributed by atoms with Crippen molar-refractivity contribution in [3.8, 4) is 0 Å². The second-order valence-electron chi connectivity index (χ2n) is 5.38. The van der Waals surface area contributed by atoms with Gasteiger partial charge in [0, 0.05) is 18.6 Å². The number of likely N-dealkylation sites (N-methyl/N-ethyl adjacent to an activating group) is 1. The minimum Gasteiger partial charge on any atom is -0.327 e. The van der Waals surface area contributed by atoms with Gasteiger partial charge >= 0.3 is 0 Å². The van der Waals surface area contributed by atoms with Crippen LogP contribution in [0.25, 0.3) is 0 Å². The summed E-state index contributed by atoms with van der Waals surface area (Å²) in [5.41, 5.74) is 6.14. The van der Waals surface area contributed by atoms with Crippen LogP contribution in [0.2, 0.25) is 0 Å². The maximum Gasteiger partial charge on any atom is 0.0167 e. The van der Waals surface area contributed by atoms with Crippen LogP contribution >= 0.6 is 0 Å². The van der Waals surface area contributed by atoms with Gasteiger partial charge in [0.15, 0.2) is 0 Å². The lowest BCUT2D eigenvalue weighted by atomic mass is 10.0. The highest BCUT2D eigenvalue weighted by atomic mass is 15.2. The molecular formula is C13H29N3. The van der Waals surface area contributed by atoms with Gasteiger partial charge in [0.25, 0.3) is 0 Å². The average Bonchev–Trinajstić information content (AvgIpc) is 2.27. The minimum absolute atomic E-state index is 0.365. The Balaban J connectivity index is 2.20. The highest BCUT2D eigenvalue weighted by Gasteiger charge is 2.21. The lowest BCUT2D eigenvalue weighted by Crippen LogP contribution is -2.46. The van der Waals surface area contributed by atoms with Gasteiger partial charge in [-0.15, -0.1) is 0 Å². The number of rotatable bonds is 6. The Labute approximate surface area is 101 Å². The van der Waals surface area contributed by atoms with Crippen molar-refractivity contribution in [2.24, 2.45) is 5.73 Å². The van der Waals surface area contributed by atoms with Crippen molar-refractivity contribution in [2.45, 2.75) is 51.1 Å². The van der Waals surface area contributed by atoms with Crippen LogP contribution in [0, 0.1) is 0 Å². The molecule has 0 aliphatic carbocycles. The Kier molecular flexibility index (Phi) is 6.32. The topological polar surface area (TPSA) is 32.5 Å². The fraction of sp³-hybridized carbons (Fsp3) is 1.00. The van der Waals surface area contributed by atoms with Crippen LogP contribution in [-0.2, 0) is 0 Å². The molecule has 0 spiro atoms. The van der Waals surface area contributed by atoms with E-state index in [0.717, 1.165) is 12.6 Å². The maximum atomic E-state index is 6.14. The number of unbranched alkanes of at least 4 members (excludes halogenated alkanes) is 1. The first-order valence-electron chi connectivity index (χ1n) is 6.77. The van der Waals surface area contributed by atoms with E-state index in [1.807, 2.05) is 0 Å². The van der Waals surface area contributed by atoms with Gasteiger partial charge in [-0.2, -0.15) is 0 Å². The maximum absolute atomic E-state index is 6.14. The molecule has 0 saturated carbocycles. The van der Waals surface area contributed by atoms with E-state index >= 15 is 0 Å². The minimum atomic E-state index is 0.365. The summed E-state index contributed by atoms with van der Waals surface area (Å²) in [7, 11) is 4.45. The van der Waals surface area contributed by atoms with E-state index in [4.69, 9.17) is 5.73 Å². The zero-order valence-electron chi connectivity index (χ0n) is 11.3. The molecule has 0 aromatic rings. The zero-order valence-corrected chi connectivity index (χ0v) is 11.3. The van der Waals surface area contributed by atoms with E-state index in [-0.39, 0.29) is 0 Å². The van der Waals surface area contributed by atoms with E-state index in [0.29, 0.717) is 6.04 Å². The lowest BCUT2D eigenvalue weighted by Gasteiger charge is -2.36. The molecule has 0 aromatic carbocycles. The number of likely N-dealkylation sites (tertiary alicyclic amines) is 1. The molecule has 1 fully saturated rings. The second-order valence-corrected chi connectivity index (χ2v) is 5.38. The van der Waals surface area contributed by atoms with Crippen LogP contribution in [0.1, 0.15) is 39.0 Å². The van der Waals surface area contributed by atoms with Crippen molar-refractivity contribution in [1.82, 2.24) is 9.80 Å². The summed E-state index contributed by atoms with van der Waals surface area (Å²) in [6.07, 6.45) is 6.29. The summed E-state index contributed by atoms with van der Waals surface area (Å²) in [4.78, 5) is 4.90. The Bertz CT molecular complexity index is 176. The number of hydrogen-bond donors (Lipinski definition) is 1. The zero-order chi connectivity index (χ0) is 12.0. The highest BCUT2D eigenvalue weighted by molar-refractivity contribution is 4.79. The summed E-state index contributed by atoms with van der Waals surface area (Å²) in [5.74, 6) is 0. The summed E-state index contributed by atoms with van der Waals surface area (Å²) < 4.78 is 0. The molecule has 0 radical (unpaired) electrons. The van der Waals surface area contributed by atoms with Gasteiger partial charge in [-0.05, 0) is 46.4 Å².